The molecule has 18 heavy (non-hydrogen) atoms. The van der Waals surface area contributed by atoms with Gasteiger partial charge in [0.15, 0.2) is 0 Å². The van der Waals surface area contributed by atoms with Crippen molar-refractivity contribution in [1.29, 1.82) is 0 Å². The molecule has 0 radical (unpaired) electrons. The van der Waals surface area contributed by atoms with Gasteiger partial charge in [0.05, 0.1) is 0 Å². The van der Waals surface area contributed by atoms with Gasteiger partial charge in [-0.1, -0.05) is 57.0 Å². The first-order valence-corrected chi connectivity index (χ1v) is 7.49. The molecule has 1 aromatic carbocycles. The summed E-state index contributed by atoms with van der Waals surface area (Å²) < 4.78 is 0. The van der Waals surface area contributed by atoms with Crippen LogP contribution < -0.4 is 5.32 Å². The van der Waals surface area contributed by atoms with Crippen molar-refractivity contribution in [3.63, 3.8) is 0 Å². The summed E-state index contributed by atoms with van der Waals surface area (Å²) in [6.07, 6.45) is 7.80. The van der Waals surface area contributed by atoms with Crippen molar-refractivity contribution in [2.24, 2.45) is 5.92 Å². The number of aryl methyl sites for hydroxylation is 1. The van der Waals surface area contributed by atoms with Crippen LogP contribution in [0.1, 0.15) is 51.5 Å². The van der Waals surface area contributed by atoms with E-state index in [4.69, 9.17) is 0 Å². The van der Waals surface area contributed by atoms with Crippen molar-refractivity contribution in [2.75, 3.05) is 7.05 Å². The van der Waals surface area contributed by atoms with E-state index in [0.717, 1.165) is 5.92 Å². The van der Waals surface area contributed by atoms with E-state index in [1.54, 1.807) is 0 Å². The van der Waals surface area contributed by atoms with Crippen LogP contribution in [0.5, 0.6) is 0 Å². The summed E-state index contributed by atoms with van der Waals surface area (Å²) in [7, 11) is 2.11. The number of hydrogen-bond acceptors (Lipinski definition) is 1. The molecule has 0 saturated carbocycles. The van der Waals surface area contributed by atoms with E-state index in [2.05, 4.69) is 56.5 Å². The van der Waals surface area contributed by atoms with Gasteiger partial charge < -0.3 is 5.32 Å². The van der Waals surface area contributed by atoms with Crippen LogP contribution in [0.15, 0.2) is 30.3 Å². The average Bonchev–Trinajstić information content (AvgIpc) is 2.42. The number of unbranched alkanes of at least 4 members (excludes halogenated alkanes) is 1. The minimum Gasteiger partial charge on any atom is -0.317 e. The third-order valence-corrected chi connectivity index (χ3v) is 3.89. The highest BCUT2D eigenvalue weighted by Crippen LogP contribution is 2.17. The lowest BCUT2D eigenvalue weighted by Crippen LogP contribution is -2.32. The molecule has 1 N–H and O–H groups in total. The first kappa shape index (κ1) is 15.2. The zero-order valence-electron chi connectivity index (χ0n) is 12.3. The van der Waals surface area contributed by atoms with Gasteiger partial charge >= 0.3 is 0 Å². The highest BCUT2D eigenvalue weighted by molar-refractivity contribution is 5.14. The van der Waals surface area contributed by atoms with E-state index in [1.807, 2.05) is 0 Å². The molecule has 2 atom stereocenters. The van der Waals surface area contributed by atoms with Crippen molar-refractivity contribution in [1.82, 2.24) is 5.32 Å². The Hall–Kier alpha value is -0.820. The lowest BCUT2D eigenvalue weighted by molar-refractivity contribution is 0.344. The number of nitrogens with one attached hydrogen (secondary N) is 1. The first-order valence-electron chi connectivity index (χ1n) is 7.49. The maximum Gasteiger partial charge on any atom is 0.00898 e. The summed E-state index contributed by atoms with van der Waals surface area (Å²) in [5, 5.41) is 3.50. The SMILES string of the molecule is CCCCC(C)C(CCCc1ccccc1)NC. The molecule has 0 amide bonds. The lowest BCUT2D eigenvalue weighted by Gasteiger charge is -2.23. The van der Waals surface area contributed by atoms with Gasteiger partial charge in [-0.2, -0.15) is 0 Å². The molecule has 0 aliphatic carbocycles. The second kappa shape index (κ2) is 9.16. The van der Waals surface area contributed by atoms with E-state index < -0.39 is 0 Å². The third kappa shape index (κ3) is 5.68. The standard InChI is InChI=1S/C17H29N/c1-4-5-10-15(2)17(18-3)14-9-13-16-11-7-6-8-12-16/h6-8,11-12,15,17-18H,4-5,9-10,13-14H2,1-3H3. The highest BCUT2D eigenvalue weighted by atomic mass is 14.9. The summed E-state index contributed by atoms with van der Waals surface area (Å²) in [6, 6.07) is 11.5. The Balaban J connectivity index is 2.26. The topological polar surface area (TPSA) is 12.0 Å². The Morgan fingerprint density at radius 3 is 2.39 bits per heavy atom. The van der Waals surface area contributed by atoms with Gasteiger partial charge in [-0.3, -0.25) is 0 Å². The van der Waals surface area contributed by atoms with Crippen LogP contribution in [0.3, 0.4) is 0 Å². The molecule has 0 fully saturated rings. The molecule has 2 unspecified atom stereocenters. The number of rotatable bonds is 9. The monoisotopic (exact) mass is 247 g/mol. The van der Waals surface area contributed by atoms with Crippen LogP contribution >= 0.6 is 0 Å². The van der Waals surface area contributed by atoms with E-state index in [1.165, 1.54) is 44.1 Å². The predicted octanol–water partition coefficient (Wildman–Crippen LogP) is 4.42. The van der Waals surface area contributed by atoms with Crippen LogP contribution in [0.4, 0.5) is 0 Å². The van der Waals surface area contributed by atoms with Crippen molar-refractivity contribution < 1.29 is 0 Å². The molecule has 0 bridgehead atoms. The van der Waals surface area contributed by atoms with Crippen LogP contribution in [-0.2, 0) is 6.42 Å². The molecule has 1 nitrogen and oxygen atoms in total. The fourth-order valence-corrected chi connectivity index (χ4v) is 2.61. The maximum absolute atomic E-state index is 3.50. The normalized spacial score (nSPS) is 14.4. The second-order valence-corrected chi connectivity index (χ2v) is 5.39. The van der Waals surface area contributed by atoms with Crippen LogP contribution in [0.25, 0.3) is 0 Å². The molecular weight excluding hydrogens is 218 g/mol. The molecular formula is C17H29N. The molecule has 0 aromatic heterocycles. The van der Waals surface area contributed by atoms with Gasteiger partial charge in [-0.25, -0.2) is 0 Å². The van der Waals surface area contributed by atoms with Gasteiger partial charge in [0, 0.05) is 6.04 Å². The Morgan fingerprint density at radius 1 is 1.06 bits per heavy atom. The summed E-state index contributed by atoms with van der Waals surface area (Å²) in [4.78, 5) is 0. The van der Waals surface area contributed by atoms with Gasteiger partial charge in [-0.05, 0) is 44.2 Å². The summed E-state index contributed by atoms with van der Waals surface area (Å²) in [5.74, 6) is 0.797. The Kier molecular flexibility index (Phi) is 7.75. The number of benzene rings is 1. The van der Waals surface area contributed by atoms with E-state index in [0.29, 0.717) is 6.04 Å². The zero-order chi connectivity index (χ0) is 13.2. The fraction of sp³-hybridized carbons (Fsp3) is 0.647. The Morgan fingerprint density at radius 2 is 1.78 bits per heavy atom. The first-order chi connectivity index (χ1) is 8.77. The summed E-state index contributed by atoms with van der Waals surface area (Å²) in [5.41, 5.74) is 1.47. The molecule has 102 valence electrons. The van der Waals surface area contributed by atoms with Crippen molar-refractivity contribution in [3.8, 4) is 0 Å². The van der Waals surface area contributed by atoms with Gasteiger partial charge in [0.25, 0.3) is 0 Å². The van der Waals surface area contributed by atoms with Crippen molar-refractivity contribution in [2.45, 2.75) is 58.4 Å². The minimum atomic E-state index is 0.681. The average molecular weight is 247 g/mol. The molecule has 0 saturated heterocycles. The van der Waals surface area contributed by atoms with Crippen LogP contribution in [-0.4, -0.2) is 13.1 Å². The molecule has 0 heterocycles. The van der Waals surface area contributed by atoms with E-state index in [-0.39, 0.29) is 0 Å². The Labute approximate surface area is 113 Å². The quantitative estimate of drug-likeness (QED) is 0.681. The van der Waals surface area contributed by atoms with Crippen LogP contribution in [0, 0.1) is 5.92 Å². The smallest absolute Gasteiger partial charge is 0.00898 e. The maximum atomic E-state index is 3.50. The molecule has 1 heteroatoms. The summed E-state index contributed by atoms with van der Waals surface area (Å²) >= 11 is 0. The van der Waals surface area contributed by atoms with Gasteiger partial charge in [-0.15, -0.1) is 0 Å². The van der Waals surface area contributed by atoms with Gasteiger partial charge in [0.2, 0.25) is 0 Å². The molecule has 0 aliphatic rings. The molecule has 1 aromatic rings. The molecule has 0 spiro atoms. The predicted molar refractivity (Wildman–Crippen MR) is 80.9 cm³/mol. The second-order valence-electron chi connectivity index (χ2n) is 5.39. The third-order valence-electron chi connectivity index (χ3n) is 3.89. The molecule has 0 aliphatic heterocycles. The Bertz CT molecular complexity index is 294. The lowest BCUT2D eigenvalue weighted by atomic mass is 9.91. The number of hydrogen-bond donors (Lipinski definition) is 1. The highest BCUT2D eigenvalue weighted by Gasteiger charge is 2.14. The van der Waals surface area contributed by atoms with Crippen molar-refractivity contribution in [3.05, 3.63) is 35.9 Å². The minimum absolute atomic E-state index is 0.681. The summed E-state index contributed by atoms with van der Waals surface area (Å²) in [6.45, 7) is 4.66. The van der Waals surface area contributed by atoms with Crippen LogP contribution in [0.2, 0.25) is 0 Å². The van der Waals surface area contributed by atoms with Gasteiger partial charge in [0.1, 0.15) is 0 Å². The van der Waals surface area contributed by atoms with Crippen molar-refractivity contribution >= 4 is 0 Å². The fourth-order valence-electron chi connectivity index (χ4n) is 2.61. The van der Waals surface area contributed by atoms with E-state index >= 15 is 0 Å². The van der Waals surface area contributed by atoms with E-state index in [9.17, 15) is 0 Å². The largest absolute Gasteiger partial charge is 0.317 e. The molecule has 1 rings (SSSR count). The zero-order valence-corrected chi connectivity index (χ0v) is 12.3.